The van der Waals surface area contributed by atoms with Crippen LogP contribution in [0.15, 0.2) is 29.2 Å². The van der Waals surface area contributed by atoms with Crippen molar-refractivity contribution in [1.29, 1.82) is 0 Å². The molecule has 1 aliphatic carbocycles. The Labute approximate surface area is 153 Å². The Hall–Kier alpha value is -1.68. The van der Waals surface area contributed by atoms with Crippen LogP contribution in [0.1, 0.15) is 12.8 Å². The molecule has 1 unspecified atom stereocenters. The van der Waals surface area contributed by atoms with Gasteiger partial charge in [0.1, 0.15) is 11.8 Å². The Morgan fingerprint density at radius 2 is 1.92 bits per heavy atom. The second-order valence-corrected chi connectivity index (χ2v) is 8.35. The zero-order chi connectivity index (χ0) is 18.6. The van der Waals surface area contributed by atoms with E-state index in [2.05, 4.69) is 4.72 Å². The number of nitrogens with zero attached hydrogens (tertiary/aromatic N) is 1. The van der Waals surface area contributed by atoms with Crippen LogP contribution in [0.3, 0.4) is 0 Å². The van der Waals surface area contributed by atoms with E-state index >= 15 is 0 Å². The van der Waals surface area contributed by atoms with Crippen molar-refractivity contribution >= 4 is 16.0 Å². The molecule has 9 heteroatoms. The third kappa shape index (κ3) is 5.16. The van der Waals surface area contributed by atoms with Gasteiger partial charge in [-0.3, -0.25) is 9.69 Å². The highest BCUT2D eigenvalue weighted by molar-refractivity contribution is 7.89. The summed E-state index contributed by atoms with van der Waals surface area (Å²) in [6.45, 7) is 2.27. The molecule has 0 bridgehead atoms. The second kappa shape index (κ2) is 8.34. The molecule has 1 aliphatic heterocycles. The maximum absolute atomic E-state index is 12.4. The van der Waals surface area contributed by atoms with Crippen molar-refractivity contribution < 1.29 is 27.8 Å². The number of sulfonamides is 1. The number of nitrogens with one attached hydrogen (secondary N) is 1. The summed E-state index contributed by atoms with van der Waals surface area (Å²) in [6, 6.07) is 5.25. The maximum atomic E-state index is 12.4. The van der Waals surface area contributed by atoms with Gasteiger partial charge in [0.25, 0.3) is 0 Å². The number of morpholine rings is 1. The molecule has 8 nitrogen and oxygen atoms in total. The Kier molecular flexibility index (Phi) is 6.13. The van der Waals surface area contributed by atoms with Crippen LogP contribution in [0, 0.1) is 5.92 Å². The van der Waals surface area contributed by atoms with Crippen LogP contribution < -0.4 is 9.46 Å². The molecule has 1 saturated heterocycles. The number of hydrogen-bond donors (Lipinski definition) is 2. The molecule has 2 fully saturated rings. The van der Waals surface area contributed by atoms with Crippen molar-refractivity contribution in [3.8, 4) is 5.75 Å². The summed E-state index contributed by atoms with van der Waals surface area (Å²) in [7, 11) is -3.79. The van der Waals surface area contributed by atoms with E-state index in [1.807, 2.05) is 0 Å². The van der Waals surface area contributed by atoms with E-state index in [0.29, 0.717) is 44.6 Å². The predicted octanol–water partition coefficient (Wildman–Crippen LogP) is 0.539. The van der Waals surface area contributed by atoms with Gasteiger partial charge in [0.2, 0.25) is 10.0 Å². The van der Waals surface area contributed by atoms with Crippen LogP contribution in [0.4, 0.5) is 0 Å². The van der Waals surface area contributed by atoms with E-state index < -0.39 is 22.0 Å². The first-order valence-electron chi connectivity index (χ1n) is 8.73. The Morgan fingerprint density at radius 3 is 2.50 bits per heavy atom. The summed E-state index contributed by atoms with van der Waals surface area (Å²) >= 11 is 0. The van der Waals surface area contributed by atoms with E-state index in [9.17, 15) is 18.3 Å². The fourth-order valence-corrected chi connectivity index (χ4v) is 3.79. The van der Waals surface area contributed by atoms with E-state index in [1.165, 1.54) is 25.0 Å². The van der Waals surface area contributed by atoms with Crippen LogP contribution in [-0.4, -0.2) is 69.9 Å². The summed E-state index contributed by atoms with van der Waals surface area (Å²) < 4.78 is 38.1. The van der Waals surface area contributed by atoms with Gasteiger partial charge in [-0.05, 0) is 43.0 Å². The molecule has 3 rings (SSSR count). The highest BCUT2D eigenvalue weighted by Crippen LogP contribution is 2.29. The average molecular weight is 384 g/mol. The first-order valence-corrected chi connectivity index (χ1v) is 10.2. The van der Waals surface area contributed by atoms with E-state index in [4.69, 9.17) is 9.47 Å². The number of aliphatic carboxylic acids is 1. The van der Waals surface area contributed by atoms with E-state index in [1.54, 1.807) is 17.0 Å². The SMILES string of the molecule is O=C(O)C(CNS(=O)(=O)c1ccc(OCC2CC2)cc1)N1CCOCC1. The van der Waals surface area contributed by atoms with E-state index in [0.717, 1.165) is 0 Å². The third-order valence-corrected chi connectivity index (χ3v) is 5.99. The lowest BCUT2D eigenvalue weighted by Gasteiger charge is -2.31. The monoisotopic (exact) mass is 384 g/mol. The molecule has 0 amide bonds. The number of carboxylic acid groups (broad SMARTS) is 1. The van der Waals surface area contributed by atoms with Crippen LogP contribution in [0.25, 0.3) is 0 Å². The Balaban J connectivity index is 1.58. The highest BCUT2D eigenvalue weighted by atomic mass is 32.2. The number of rotatable bonds is 9. The molecular formula is C17H24N2O6S. The van der Waals surface area contributed by atoms with Gasteiger partial charge in [0, 0.05) is 19.6 Å². The Morgan fingerprint density at radius 1 is 1.27 bits per heavy atom. The summed E-state index contributed by atoms with van der Waals surface area (Å²) in [5, 5.41) is 9.40. The lowest BCUT2D eigenvalue weighted by molar-refractivity contribution is -0.144. The lowest BCUT2D eigenvalue weighted by atomic mass is 10.2. The van der Waals surface area contributed by atoms with Crippen molar-refractivity contribution in [3.63, 3.8) is 0 Å². The molecule has 144 valence electrons. The molecule has 1 saturated carbocycles. The van der Waals surface area contributed by atoms with Crippen molar-refractivity contribution in [2.24, 2.45) is 5.92 Å². The largest absolute Gasteiger partial charge is 0.493 e. The quantitative estimate of drug-likeness (QED) is 0.640. The molecule has 0 aromatic heterocycles. The minimum absolute atomic E-state index is 0.0855. The molecule has 1 atom stereocenters. The Bertz CT molecular complexity index is 711. The van der Waals surface area contributed by atoms with Crippen molar-refractivity contribution in [2.75, 3.05) is 39.5 Å². The van der Waals surface area contributed by atoms with Gasteiger partial charge in [0.15, 0.2) is 0 Å². The van der Waals surface area contributed by atoms with E-state index in [-0.39, 0.29) is 11.4 Å². The van der Waals surface area contributed by atoms with Crippen molar-refractivity contribution in [3.05, 3.63) is 24.3 Å². The van der Waals surface area contributed by atoms with Crippen molar-refractivity contribution in [1.82, 2.24) is 9.62 Å². The molecule has 1 aromatic rings. The topological polar surface area (TPSA) is 105 Å². The lowest BCUT2D eigenvalue weighted by Crippen LogP contribution is -2.52. The van der Waals surface area contributed by atoms with Crippen LogP contribution in [-0.2, 0) is 19.6 Å². The first-order chi connectivity index (χ1) is 12.5. The number of carboxylic acids is 1. The molecule has 0 spiro atoms. The molecule has 2 aliphatic rings. The summed E-state index contributed by atoms with van der Waals surface area (Å²) in [5.74, 6) is 0.194. The second-order valence-electron chi connectivity index (χ2n) is 6.58. The predicted molar refractivity (Wildman–Crippen MR) is 93.7 cm³/mol. The zero-order valence-electron chi connectivity index (χ0n) is 14.5. The smallest absolute Gasteiger partial charge is 0.322 e. The van der Waals surface area contributed by atoms with Gasteiger partial charge in [-0.1, -0.05) is 0 Å². The van der Waals surface area contributed by atoms with Gasteiger partial charge in [-0.25, -0.2) is 13.1 Å². The minimum Gasteiger partial charge on any atom is -0.493 e. The number of carbonyl (C=O) groups is 1. The normalized spacial score (nSPS) is 19.8. The third-order valence-electron chi connectivity index (χ3n) is 4.55. The average Bonchev–Trinajstić information content (AvgIpc) is 3.45. The zero-order valence-corrected chi connectivity index (χ0v) is 15.3. The van der Waals surface area contributed by atoms with Gasteiger partial charge in [0.05, 0.1) is 24.7 Å². The fourth-order valence-electron chi connectivity index (χ4n) is 2.75. The highest BCUT2D eigenvalue weighted by Gasteiger charge is 2.29. The molecule has 0 radical (unpaired) electrons. The molecule has 1 heterocycles. The van der Waals surface area contributed by atoms with Gasteiger partial charge < -0.3 is 14.6 Å². The van der Waals surface area contributed by atoms with Crippen molar-refractivity contribution in [2.45, 2.75) is 23.8 Å². The van der Waals surface area contributed by atoms with Gasteiger partial charge >= 0.3 is 5.97 Å². The van der Waals surface area contributed by atoms with Gasteiger partial charge in [-0.15, -0.1) is 0 Å². The van der Waals surface area contributed by atoms with Gasteiger partial charge in [-0.2, -0.15) is 0 Å². The molecular weight excluding hydrogens is 360 g/mol. The van der Waals surface area contributed by atoms with Crippen LogP contribution in [0.5, 0.6) is 5.75 Å². The molecule has 2 N–H and O–H groups in total. The molecule has 1 aromatic carbocycles. The first kappa shape index (κ1) is 19.1. The summed E-state index contributed by atoms with van der Waals surface area (Å²) in [6.07, 6.45) is 2.37. The molecule has 26 heavy (non-hydrogen) atoms. The maximum Gasteiger partial charge on any atom is 0.322 e. The minimum atomic E-state index is -3.79. The fraction of sp³-hybridized carbons (Fsp3) is 0.588. The van der Waals surface area contributed by atoms with Crippen LogP contribution >= 0.6 is 0 Å². The standard InChI is InChI=1S/C17H24N2O6S/c20-17(21)16(19-7-9-24-10-8-19)11-18-26(22,23)15-5-3-14(4-6-15)25-12-13-1-2-13/h3-6,13,16,18H,1-2,7-12H2,(H,20,21). The summed E-state index contributed by atoms with van der Waals surface area (Å²) in [5.41, 5.74) is 0. The number of hydrogen-bond acceptors (Lipinski definition) is 6. The van der Waals surface area contributed by atoms with Crippen LogP contribution in [0.2, 0.25) is 0 Å². The number of benzene rings is 1. The summed E-state index contributed by atoms with van der Waals surface area (Å²) in [4.78, 5) is 13.3. The number of ether oxygens (including phenoxy) is 2.